The number of rotatable bonds is 4. The molecule has 1 N–H and O–H groups in total. The van der Waals surface area contributed by atoms with Gasteiger partial charge in [-0.1, -0.05) is 11.6 Å². The maximum absolute atomic E-state index is 5.83. The molecule has 0 aliphatic carbocycles. The first-order chi connectivity index (χ1) is 8.58. The van der Waals surface area contributed by atoms with Gasteiger partial charge in [0.15, 0.2) is 0 Å². The fourth-order valence-electron chi connectivity index (χ4n) is 1.83. The number of aryl methyl sites for hydroxylation is 1. The second kappa shape index (κ2) is 5.40. The van der Waals surface area contributed by atoms with Crippen LogP contribution in [0.15, 0.2) is 24.8 Å². The molecule has 96 valence electrons. The molecular formula is C13H17ClN4. The van der Waals surface area contributed by atoms with E-state index in [9.17, 15) is 0 Å². The second-order valence-electron chi connectivity index (χ2n) is 4.56. The van der Waals surface area contributed by atoms with Gasteiger partial charge in [-0.15, -0.1) is 0 Å². The van der Waals surface area contributed by atoms with Gasteiger partial charge < -0.3 is 9.88 Å². The van der Waals surface area contributed by atoms with Gasteiger partial charge >= 0.3 is 0 Å². The summed E-state index contributed by atoms with van der Waals surface area (Å²) in [5, 5.41) is 3.87. The highest BCUT2D eigenvalue weighted by Gasteiger charge is 2.06. The number of aromatic nitrogens is 3. The van der Waals surface area contributed by atoms with Gasteiger partial charge in [0, 0.05) is 12.2 Å². The summed E-state index contributed by atoms with van der Waals surface area (Å²) in [4.78, 5) is 8.26. The molecule has 0 saturated carbocycles. The SMILES string of the molecule is Cc1cc(Cl)ncc1NCc1cncn1C(C)C. The summed E-state index contributed by atoms with van der Waals surface area (Å²) in [6, 6.07) is 2.26. The Balaban J connectivity index is 2.09. The van der Waals surface area contributed by atoms with Gasteiger partial charge in [-0.05, 0) is 32.4 Å². The van der Waals surface area contributed by atoms with E-state index in [0.717, 1.165) is 23.5 Å². The topological polar surface area (TPSA) is 42.7 Å². The Morgan fingerprint density at radius 3 is 2.83 bits per heavy atom. The first kappa shape index (κ1) is 12.9. The zero-order chi connectivity index (χ0) is 13.1. The molecule has 2 aromatic rings. The molecule has 2 heterocycles. The van der Waals surface area contributed by atoms with E-state index in [1.807, 2.05) is 25.5 Å². The third-order valence-corrected chi connectivity index (χ3v) is 3.05. The van der Waals surface area contributed by atoms with Crippen LogP contribution < -0.4 is 5.32 Å². The second-order valence-corrected chi connectivity index (χ2v) is 4.95. The fraction of sp³-hybridized carbons (Fsp3) is 0.385. The van der Waals surface area contributed by atoms with Crippen LogP contribution >= 0.6 is 11.6 Å². The van der Waals surface area contributed by atoms with Crippen molar-refractivity contribution in [2.75, 3.05) is 5.32 Å². The minimum atomic E-state index is 0.411. The molecule has 0 saturated heterocycles. The van der Waals surface area contributed by atoms with Crippen molar-refractivity contribution >= 4 is 17.3 Å². The lowest BCUT2D eigenvalue weighted by molar-refractivity contribution is 0.577. The molecule has 2 rings (SSSR count). The lowest BCUT2D eigenvalue weighted by atomic mass is 10.2. The van der Waals surface area contributed by atoms with Gasteiger partial charge in [0.25, 0.3) is 0 Å². The Morgan fingerprint density at radius 2 is 2.17 bits per heavy atom. The number of hydrogen-bond donors (Lipinski definition) is 1. The minimum absolute atomic E-state index is 0.411. The van der Waals surface area contributed by atoms with Crippen molar-refractivity contribution in [2.24, 2.45) is 0 Å². The first-order valence-electron chi connectivity index (χ1n) is 5.94. The van der Waals surface area contributed by atoms with Crippen molar-refractivity contribution in [2.45, 2.75) is 33.4 Å². The number of nitrogens with one attached hydrogen (secondary N) is 1. The molecule has 0 fully saturated rings. The molecule has 0 atom stereocenters. The Hall–Kier alpha value is -1.55. The molecule has 4 nitrogen and oxygen atoms in total. The van der Waals surface area contributed by atoms with Crippen LogP contribution in [-0.4, -0.2) is 14.5 Å². The monoisotopic (exact) mass is 264 g/mol. The molecule has 0 radical (unpaired) electrons. The van der Waals surface area contributed by atoms with Crippen LogP contribution in [0, 0.1) is 6.92 Å². The van der Waals surface area contributed by atoms with E-state index < -0.39 is 0 Å². The highest BCUT2D eigenvalue weighted by molar-refractivity contribution is 6.29. The van der Waals surface area contributed by atoms with Gasteiger partial charge in [0.1, 0.15) is 5.15 Å². The highest BCUT2D eigenvalue weighted by Crippen LogP contribution is 2.18. The number of hydrogen-bond acceptors (Lipinski definition) is 3. The van der Waals surface area contributed by atoms with Gasteiger partial charge in [-0.3, -0.25) is 0 Å². The summed E-state index contributed by atoms with van der Waals surface area (Å²) >= 11 is 5.83. The number of nitrogens with zero attached hydrogens (tertiary/aromatic N) is 3. The van der Waals surface area contributed by atoms with Crippen LogP contribution in [0.5, 0.6) is 0 Å². The lowest BCUT2D eigenvalue weighted by Crippen LogP contribution is -2.09. The van der Waals surface area contributed by atoms with Crippen molar-refractivity contribution < 1.29 is 0 Å². The van der Waals surface area contributed by atoms with Crippen molar-refractivity contribution in [1.29, 1.82) is 0 Å². The van der Waals surface area contributed by atoms with E-state index in [1.165, 1.54) is 0 Å². The van der Waals surface area contributed by atoms with Crippen LogP contribution in [-0.2, 0) is 6.54 Å². The quantitative estimate of drug-likeness (QED) is 0.861. The van der Waals surface area contributed by atoms with E-state index in [0.29, 0.717) is 11.2 Å². The minimum Gasteiger partial charge on any atom is -0.378 e. The van der Waals surface area contributed by atoms with E-state index >= 15 is 0 Å². The predicted octanol–water partition coefficient (Wildman–Crippen LogP) is 3.43. The molecule has 0 unspecified atom stereocenters. The summed E-state index contributed by atoms with van der Waals surface area (Å²) in [5.41, 5.74) is 3.24. The Kier molecular flexibility index (Phi) is 3.87. The molecular weight excluding hydrogens is 248 g/mol. The van der Waals surface area contributed by atoms with Crippen molar-refractivity contribution in [1.82, 2.24) is 14.5 Å². The first-order valence-corrected chi connectivity index (χ1v) is 6.32. The summed E-state index contributed by atoms with van der Waals surface area (Å²) < 4.78 is 2.14. The Labute approximate surface area is 112 Å². The normalized spacial score (nSPS) is 10.9. The van der Waals surface area contributed by atoms with Crippen LogP contribution in [0.1, 0.15) is 31.1 Å². The van der Waals surface area contributed by atoms with E-state index in [-0.39, 0.29) is 0 Å². The molecule has 0 spiro atoms. The van der Waals surface area contributed by atoms with E-state index in [1.54, 1.807) is 6.20 Å². The van der Waals surface area contributed by atoms with Gasteiger partial charge in [-0.2, -0.15) is 0 Å². The summed E-state index contributed by atoms with van der Waals surface area (Å²) in [7, 11) is 0. The molecule has 2 aromatic heterocycles. The number of pyridine rings is 1. The summed E-state index contributed by atoms with van der Waals surface area (Å²) in [6.07, 6.45) is 5.49. The average Bonchev–Trinajstić information content (AvgIpc) is 2.76. The zero-order valence-corrected chi connectivity index (χ0v) is 11.6. The number of imidazole rings is 1. The average molecular weight is 265 g/mol. The molecule has 0 aliphatic rings. The van der Waals surface area contributed by atoms with E-state index in [2.05, 4.69) is 33.7 Å². The molecule has 0 aromatic carbocycles. The predicted molar refractivity (Wildman–Crippen MR) is 73.9 cm³/mol. The molecule has 0 aliphatic heterocycles. The maximum atomic E-state index is 5.83. The molecule has 18 heavy (non-hydrogen) atoms. The molecule has 0 amide bonds. The third-order valence-electron chi connectivity index (χ3n) is 2.84. The number of anilines is 1. The maximum Gasteiger partial charge on any atom is 0.129 e. The Bertz CT molecular complexity index is 534. The van der Waals surface area contributed by atoms with Crippen molar-refractivity contribution in [3.63, 3.8) is 0 Å². The zero-order valence-electron chi connectivity index (χ0n) is 10.8. The van der Waals surface area contributed by atoms with Crippen LogP contribution in [0.4, 0.5) is 5.69 Å². The fourth-order valence-corrected chi connectivity index (χ4v) is 2.04. The highest BCUT2D eigenvalue weighted by atomic mass is 35.5. The standard InChI is InChI=1S/C13H17ClN4/c1-9(2)18-8-15-5-11(18)6-16-12-7-17-13(14)4-10(12)3/h4-5,7-9,16H,6H2,1-3H3. The van der Waals surface area contributed by atoms with Crippen LogP contribution in [0.2, 0.25) is 5.15 Å². The molecule has 5 heteroatoms. The third kappa shape index (κ3) is 2.82. The van der Waals surface area contributed by atoms with Gasteiger partial charge in [0.2, 0.25) is 0 Å². The summed E-state index contributed by atoms with van der Waals surface area (Å²) in [5.74, 6) is 0. The molecule has 0 bridgehead atoms. The van der Waals surface area contributed by atoms with E-state index in [4.69, 9.17) is 11.6 Å². The lowest BCUT2D eigenvalue weighted by Gasteiger charge is -2.13. The van der Waals surface area contributed by atoms with Crippen LogP contribution in [0.25, 0.3) is 0 Å². The van der Waals surface area contributed by atoms with Gasteiger partial charge in [-0.25, -0.2) is 9.97 Å². The number of halogens is 1. The van der Waals surface area contributed by atoms with Crippen molar-refractivity contribution in [3.05, 3.63) is 41.2 Å². The smallest absolute Gasteiger partial charge is 0.129 e. The Morgan fingerprint density at radius 1 is 1.39 bits per heavy atom. The van der Waals surface area contributed by atoms with Gasteiger partial charge in [0.05, 0.1) is 30.5 Å². The van der Waals surface area contributed by atoms with Crippen LogP contribution in [0.3, 0.4) is 0 Å². The van der Waals surface area contributed by atoms with Crippen molar-refractivity contribution in [3.8, 4) is 0 Å². The largest absolute Gasteiger partial charge is 0.378 e. The summed E-state index contributed by atoms with van der Waals surface area (Å²) in [6.45, 7) is 7.01.